The summed E-state index contributed by atoms with van der Waals surface area (Å²) in [6, 6.07) is 5.15. The molecule has 0 N–H and O–H groups in total. The normalized spacial score (nSPS) is 9.18. The van der Waals surface area contributed by atoms with Gasteiger partial charge in [0.25, 0.3) is 0 Å². The van der Waals surface area contributed by atoms with E-state index in [-0.39, 0.29) is 5.82 Å². The van der Waals surface area contributed by atoms with E-state index in [0.29, 0.717) is 5.56 Å². The van der Waals surface area contributed by atoms with Gasteiger partial charge in [-0.15, -0.1) is 0 Å². The molecule has 1 rings (SSSR count). The summed E-state index contributed by atoms with van der Waals surface area (Å²) in [6.45, 7) is 8.10. The van der Waals surface area contributed by atoms with Crippen molar-refractivity contribution in [3.8, 4) is 6.07 Å². The number of aryl methyl sites for hydroxylation is 1. The lowest BCUT2D eigenvalue weighted by molar-refractivity contribution is 0.602. The standard InChI is InChI=1S/C13H16FN.C2H6/c1-3-5-11-7-10(9-15)8-13(14)12(11)6-4-2;1-2/h7-8H,3-6H2,1-2H3;1-2H3. The maximum atomic E-state index is 13.7. The number of halogens is 1. The molecular formula is C15H22FN. The second kappa shape index (κ2) is 8.75. The van der Waals surface area contributed by atoms with Crippen LogP contribution in [0, 0.1) is 17.1 Å². The van der Waals surface area contributed by atoms with Crippen molar-refractivity contribution in [1.29, 1.82) is 5.26 Å². The SMILES string of the molecule is CC.CCCc1cc(C#N)cc(F)c1CCC. The summed E-state index contributed by atoms with van der Waals surface area (Å²) < 4.78 is 13.7. The van der Waals surface area contributed by atoms with Gasteiger partial charge in [0.05, 0.1) is 11.6 Å². The van der Waals surface area contributed by atoms with Crippen molar-refractivity contribution in [3.63, 3.8) is 0 Å². The molecular weight excluding hydrogens is 213 g/mol. The fraction of sp³-hybridized carbons (Fsp3) is 0.533. The van der Waals surface area contributed by atoms with E-state index >= 15 is 0 Å². The molecule has 0 fully saturated rings. The summed E-state index contributed by atoms with van der Waals surface area (Å²) in [7, 11) is 0. The van der Waals surface area contributed by atoms with Crippen molar-refractivity contribution in [1.82, 2.24) is 0 Å². The van der Waals surface area contributed by atoms with Crippen LogP contribution in [0.4, 0.5) is 4.39 Å². The Labute approximate surface area is 104 Å². The predicted molar refractivity (Wildman–Crippen MR) is 70.5 cm³/mol. The number of hydrogen-bond donors (Lipinski definition) is 0. The smallest absolute Gasteiger partial charge is 0.127 e. The van der Waals surface area contributed by atoms with Crippen molar-refractivity contribution in [3.05, 3.63) is 34.6 Å². The first-order valence-corrected chi connectivity index (χ1v) is 6.44. The molecule has 0 atom stereocenters. The topological polar surface area (TPSA) is 23.8 Å². The van der Waals surface area contributed by atoms with E-state index in [1.54, 1.807) is 0 Å². The maximum Gasteiger partial charge on any atom is 0.127 e. The lowest BCUT2D eigenvalue weighted by atomic mass is 9.97. The summed E-state index contributed by atoms with van der Waals surface area (Å²) >= 11 is 0. The molecule has 0 heterocycles. The Hall–Kier alpha value is -1.36. The second-order valence-corrected chi connectivity index (χ2v) is 3.71. The van der Waals surface area contributed by atoms with E-state index in [0.717, 1.165) is 36.8 Å². The van der Waals surface area contributed by atoms with Crippen LogP contribution in [0.2, 0.25) is 0 Å². The van der Waals surface area contributed by atoms with Crippen LogP contribution >= 0.6 is 0 Å². The van der Waals surface area contributed by atoms with Gasteiger partial charge in [0, 0.05) is 0 Å². The van der Waals surface area contributed by atoms with E-state index in [1.807, 2.05) is 32.9 Å². The molecule has 0 saturated carbocycles. The van der Waals surface area contributed by atoms with Crippen molar-refractivity contribution < 1.29 is 4.39 Å². The van der Waals surface area contributed by atoms with E-state index in [1.165, 1.54) is 6.07 Å². The van der Waals surface area contributed by atoms with E-state index in [9.17, 15) is 4.39 Å². The highest BCUT2D eigenvalue weighted by molar-refractivity contribution is 5.39. The van der Waals surface area contributed by atoms with E-state index in [2.05, 4.69) is 6.92 Å². The zero-order valence-electron chi connectivity index (χ0n) is 11.3. The number of hydrogen-bond acceptors (Lipinski definition) is 1. The van der Waals surface area contributed by atoms with Gasteiger partial charge in [0.2, 0.25) is 0 Å². The van der Waals surface area contributed by atoms with Crippen LogP contribution in [0.5, 0.6) is 0 Å². The number of nitriles is 1. The molecule has 17 heavy (non-hydrogen) atoms. The molecule has 0 spiro atoms. The first kappa shape index (κ1) is 15.6. The molecule has 0 bridgehead atoms. The fourth-order valence-electron chi connectivity index (χ4n) is 1.78. The molecule has 1 aromatic rings. The summed E-state index contributed by atoms with van der Waals surface area (Å²) in [4.78, 5) is 0. The third-order valence-electron chi connectivity index (χ3n) is 2.44. The van der Waals surface area contributed by atoms with Crippen molar-refractivity contribution in [2.24, 2.45) is 0 Å². The predicted octanol–water partition coefficient (Wildman–Crippen LogP) is 4.63. The van der Waals surface area contributed by atoms with Crippen molar-refractivity contribution in [2.75, 3.05) is 0 Å². The number of benzene rings is 1. The first-order chi connectivity index (χ1) is 8.22. The minimum Gasteiger partial charge on any atom is -0.207 e. The van der Waals surface area contributed by atoms with Crippen LogP contribution in [0.25, 0.3) is 0 Å². The Balaban J connectivity index is 0.00000121. The Bertz CT molecular complexity index is 377. The van der Waals surface area contributed by atoms with Crippen LogP contribution < -0.4 is 0 Å². The highest BCUT2D eigenvalue weighted by atomic mass is 19.1. The second-order valence-electron chi connectivity index (χ2n) is 3.71. The summed E-state index contributed by atoms with van der Waals surface area (Å²) in [5.41, 5.74) is 2.21. The zero-order valence-corrected chi connectivity index (χ0v) is 11.3. The van der Waals surface area contributed by atoms with Gasteiger partial charge in [0.1, 0.15) is 5.82 Å². The Morgan fingerprint density at radius 3 is 2.18 bits per heavy atom. The van der Waals surface area contributed by atoms with Crippen LogP contribution in [0.1, 0.15) is 57.2 Å². The minimum absolute atomic E-state index is 0.223. The van der Waals surface area contributed by atoms with E-state index < -0.39 is 0 Å². The molecule has 0 saturated heterocycles. The van der Waals surface area contributed by atoms with Crippen molar-refractivity contribution >= 4 is 0 Å². The van der Waals surface area contributed by atoms with Gasteiger partial charge in [-0.25, -0.2) is 4.39 Å². The molecule has 0 aliphatic carbocycles. The van der Waals surface area contributed by atoms with Crippen LogP contribution in [-0.4, -0.2) is 0 Å². The molecule has 0 aromatic heterocycles. The molecule has 0 aliphatic heterocycles. The highest BCUT2D eigenvalue weighted by Gasteiger charge is 2.09. The molecule has 0 unspecified atom stereocenters. The van der Waals surface area contributed by atoms with Crippen LogP contribution in [0.15, 0.2) is 12.1 Å². The van der Waals surface area contributed by atoms with Gasteiger partial charge in [-0.1, -0.05) is 40.5 Å². The quantitative estimate of drug-likeness (QED) is 0.746. The molecule has 1 nitrogen and oxygen atoms in total. The van der Waals surface area contributed by atoms with Crippen LogP contribution in [-0.2, 0) is 12.8 Å². The van der Waals surface area contributed by atoms with Crippen molar-refractivity contribution in [2.45, 2.75) is 53.4 Å². The third-order valence-corrected chi connectivity index (χ3v) is 2.44. The first-order valence-electron chi connectivity index (χ1n) is 6.44. The van der Waals surface area contributed by atoms with Gasteiger partial charge >= 0.3 is 0 Å². The van der Waals surface area contributed by atoms with E-state index in [4.69, 9.17) is 5.26 Å². The average Bonchev–Trinajstić information content (AvgIpc) is 2.36. The summed E-state index contributed by atoms with van der Waals surface area (Å²) in [5.74, 6) is -0.223. The molecule has 0 amide bonds. The monoisotopic (exact) mass is 235 g/mol. The Kier molecular flexibility index (Phi) is 8.05. The molecule has 0 aliphatic rings. The van der Waals surface area contributed by atoms with Crippen LogP contribution in [0.3, 0.4) is 0 Å². The molecule has 94 valence electrons. The average molecular weight is 235 g/mol. The molecule has 1 aromatic carbocycles. The molecule has 0 radical (unpaired) electrons. The Morgan fingerprint density at radius 1 is 1.12 bits per heavy atom. The largest absolute Gasteiger partial charge is 0.207 e. The lowest BCUT2D eigenvalue weighted by Gasteiger charge is -2.09. The number of rotatable bonds is 4. The number of nitrogens with zero attached hydrogens (tertiary/aromatic N) is 1. The maximum absolute atomic E-state index is 13.7. The lowest BCUT2D eigenvalue weighted by Crippen LogP contribution is -1.99. The zero-order chi connectivity index (χ0) is 13.3. The van der Waals surface area contributed by atoms with Gasteiger partial charge in [-0.2, -0.15) is 5.26 Å². The summed E-state index contributed by atoms with van der Waals surface area (Å²) in [5, 5.41) is 8.76. The van der Waals surface area contributed by atoms with Gasteiger partial charge < -0.3 is 0 Å². The fourth-order valence-corrected chi connectivity index (χ4v) is 1.78. The van der Waals surface area contributed by atoms with Gasteiger partial charge in [-0.3, -0.25) is 0 Å². The van der Waals surface area contributed by atoms with Gasteiger partial charge in [-0.05, 0) is 36.1 Å². The molecule has 2 heteroatoms. The Morgan fingerprint density at radius 2 is 1.71 bits per heavy atom. The minimum atomic E-state index is -0.223. The third kappa shape index (κ3) is 4.56. The highest BCUT2D eigenvalue weighted by Crippen LogP contribution is 2.19. The summed E-state index contributed by atoms with van der Waals surface area (Å²) in [6.07, 6.45) is 3.51. The van der Waals surface area contributed by atoms with Gasteiger partial charge in [0.15, 0.2) is 0 Å².